The maximum atomic E-state index is 12.3. The average molecular weight is 249 g/mol. The maximum Gasteiger partial charge on any atom is 0.282 e. The molecule has 0 atom stereocenters. The summed E-state index contributed by atoms with van der Waals surface area (Å²) in [6.45, 7) is 7.92. The van der Waals surface area contributed by atoms with Crippen LogP contribution in [-0.2, 0) is 10.2 Å². The molecule has 6 heteroatoms. The fourth-order valence-corrected chi connectivity index (χ4v) is 3.42. The van der Waals surface area contributed by atoms with Gasteiger partial charge in [0.15, 0.2) is 0 Å². The predicted molar refractivity (Wildman–Crippen MR) is 65.5 cm³/mol. The minimum atomic E-state index is -3.30. The molecule has 1 fully saturated rings. The van der Waals surface area contributed by atoms with Crippen LogP contribution >= 0.6 is 0 Å². The predicted octanol–water partition coefficient (Wildman–Crippen LogP) is 0.255. The van der Waals surface area contributed by atoms with Crippen molar-refractivity contribution in [2.75, 3.05) is 26.7 Å². The van der Waals surface area contributed by atoms with Gasteiger partial charge in [-0.1, -0.05) is 6.92 Å². The van der Waals surface area contributed by atoms with Crippen LogP contribution in [0.1, 0.15) is 27.2 Å². The van der Waals surface area contributed by atoms with Crippen LogP contribution in [0.5, 0.6) is 0 Å². The van der Waals surface area contributed by atoms with Crippen LogP contribution < -0.4 is 5.32 Å². The van der Waals surface area contributed by atoms with Crippen LogP contribution in [0.15, 0.2) is 0 Å². The monoisotopic (exact) mass is 249 g/mol. The number of nitrogens with one attached hydrogen (secondary N) is 1. The molecule has 1 saturated heterocycles. The molecule has 0 aliphatic carbocycles. The third kappa shape index (κ3) is 2.74. The van der Waals surface area contributed by atoms with Gasteiger partial charge in [-0.15, -0.1) is 0 Å². The Bertz CT molecular complexity index is 312. The van der Waals surface area contributed by atoms with E-state index < -0.39 is 10.2 Å². The highest BCUT2D eigenvalue weighted by Crippen LogP contribution is 2.16. The van der Waals surface area contributed by atoms with Gasteiger partial charge < -0.3 is 5.32 Å². The highest BCUT2D eigenvalue weighted by atomic mass is 32.2. The lowest BCUT2D eigenvalue weighted by Gasteiger charge is -2.39. The van der Waals surface area contributed by atoms with Crippen molar-refractivity contribution in [2.45, 2.75) is 39.3 Å². The molecule has 1 N–H and O–H groups in total. The molecule has 0 aromatic carbocycles. The van der Waals surface area contributed by atoms with Gasteiger partial charge in [0.1, 0.15) is 0 Å². The Balaban J connectivity index is 2.83. The fourth-order valence-electron chi connectivity index (χ4n) is 1.62. The van der Waals surface area contributed by atoms with Crippen LogP contribution in [0.4, 0.5) is 0 Å². The van der Waals surface area contributed by atoms with Gasteiger partial charge in [-0.05, 0) is 20.3 Å². The Hall–Kier alpha value is -0.170. The van der Waals surface area contributed by atoms with Crippen molar-refractivity contribution in [1.82, 2.24) is 13.9 Å². The molecule has 0 saturated carbocycles. The molecule has 1 aliphatic heterocycles. The second kappa shape index (κ2) is 5.44. The molecule has 0 aromatic heterocycles. The number of rotatable bonds is 6. The van der Waals surface area contributed by atoms with Gasteiger partial charge in [-0.2, -0.15) is 17.0 Å². The van der Waals surface area contributed by atoms with Crippen LogP contribution in [0.25, 0.3) is 0 Å². The van der Waals surface area contributed by atoms with Crippen molar-refractivity contribution in [3.8, 4) is 0 Å². The van der Waals surface area contributed by atoms with Gasteiger partial charge in [-0.25, -0.2) is 0 Å². The summed E-state index contributed by atoms with van der Waals surface area (Å²) in [5.41, 5.74) is 0. The number of nitrogens with zero attached hydrogens (tertiary/aromatic N) is 2. The highest BCUT2D eigenvalue weighted by molar-refractivity contribution is 7.86. The van der Waals surface area contributed by atoms with Crippen molar-refractivity contribution >= 4 is 10.2 Å². The third-order valence-corrected chi connectivity index (χ3v) is 5.22. The first-order chi connectivity index (χ1) is 7.41. The Kier molecular flexibility index (Phi) is 4.73. The zero-order valence-corrected chi connectivity index (χ0v) is 11.4. The first-order valence-electron chi connectivity index (χ1n) is 5.86. The SMILES string of the molecule is CCCN(C1CNC1)S(=O)(=O)N(C)C(C)C. The van der Waals surface area contributed by atoms with Crippen LogP contribution in [0, 0.1) is 0 Å². The third-order valence-electron chi connectivity index (χ3n) is 3.00. The van der Waals surface area contributed by atoms with Gasteiger partial charge in [0.25, 0.3) is 10.2 Å². The molecule has 0 radical (unpaired) electrons. The second-order valence-electron chi connectivity index (χ2n) is 4.54. The fraction of sp³-hybridized carbons (Fsp3) is 1.00. The van der Waals surface area contributed by atoms with E-state index in [9.17, 15) is 8.42 Å². The van der Waals surface area contributed by atoms with Crippen LogP contribution in [0.2, 0.25) is 0 Å². The molecule has 1 aliphatic rings. The first kappa shape index (κ1) is 13.9. The zero-order chi connectivity index (χ0) is 12.3. The van der Waals surface area contributed by atoms with Gasteiger partial charge in [0.05, 0.1) is 6.04 Å². The largest absolute Gasteiger partial charge is 0.313 e. The van der Waals surface area contributed by atoms with Crippen LogP contribution in [-0.4, -0.2) is 55.8 Å². The summed E-state index contributed by atoms with van der Waals surface area (Å²) < 4.78 is 27.7. The van der Waals surface area contributed by atoms with Gasteiger partial charge in [0, 0.05) is 32.7 Å². The Morgan fingerprint density at radius 3 is 2.25 bits per heavy atom. The van der Waals surface area contributed by atoms with Gasteiger partial charge in [0.2, 0.25) is 0 Å². The smallest absolute Gasteiger partial charge is 0.282 e. The van der Waals surface area contributed by atoms with Crippen LogP contribution in [0.3, 0.4) is 0 Å². The molecule has 0 aromatic rings. The van der Waals surface area contributed by atoms with Crippen molar-refractivity contribution in [3.63, 3.8) is 0 Å². The summed E-state index contributed by atoms with van der Waals surface area (Å²) in [4.78, 5) is 0. The Morgan fingerprint density at radius 2 is 1.94 bits per heavy atom. The van der Waals surface area contributed by atoms with E-state index in [1.165, 1.54) is 4.31 Å². The number of hydrogen-bond donors (Lipinski definition) is 1. The first-order valence-corrected chi connectivity index (χ1v) is 7.26. The van der Waals surface area contributed by atoms with E-state index in [-0.39, 0.29) is 12.1 Å². The summed E-state index contributed by atoms with van der Waals surface area (Å²) in [5.74, 6) is 0. The Morgan fingerprint density at radius 1 is 1.38 bits per heavy atom. The van der Waals surface area contributed by atoms with E-state index in [0.29, 0.717) is 6.54 Å². The lowest BCUT2D eigenvalue weighted by molar-refractivity contribution is 0.223. The summed E-state index contributed by atoms with van der Waals surface area (Å²) in [5, 5.41) is 3.12. The van der Waals surface area contributed by atoms with Crippen molar-refractivity contribution < 1.29 is 8.42 Å². The minimum absolute atomic E-state index is 0.00241. The minimum Gasteiger partial charge on any atom is -0.313 e. The standard InChI is InChI=1S/C10H23N3O2S/c1-5-6-13(10-7-11-8-10)16(14,15)12(4)9(2)3/h9-11H,5-8H2,1-4H3. The van der Waals surface area contributed by atoms with Crippen molar-refractivity contribution in [2.24, 2.45) is 0 Å². The second-order valence-corrected chi connectivity index (χ2v) is 6.48. The lowest BCUT2D eigenvalue weighted by atomic mass is 10.2. The Labute approximate surface area is 99.0 Å². The van der Waals surface area contributed by atoms with Crippen molar-refractivity contribution in [1.29, 1.82) is 0 Å². The van der Waals surface area contributed by atoms with Crippen molar-refractivity contribution in [3.05, 3.63) is 0 Å². The molecule has 16 heavy (non-hydrogen) atoms. The molecule has 1 heterocycles. The van der Waals surface area contributed by atoms with E-state index >= 15 is 0 Å². The molecule has 96 valence electrons. The molecule has 5 nitrogen and oxygen atoms in total. The molecule has 1 rings (SSSR count). The molecular formula is C10H23N3O2S. The molecule has 0 unspecified atom stereocenters. The topological polar surface area (TPSA) is 52.7 Å². The zero-order valence-electron chi connectivity index (χ0n) is 10.6. The van der Waals surface area contributed by atoms with E-state index in [1.807, 2.05) is 20.8 Å². The van der Waals surface area contributed by atoms with E-state index in [0.717, 1.165) is 19.5 Å². The summed E-state index contributed by atoms with van der Waals surface area (Å²) in [7, 11) is -1.65. The molecule has 0 amide bonds. The number of hydrogen-bond acceptors (Lipinski definition) is 3. The highest BCUT2D eigenvalue weighted by Gasteiger charge is 2.36. The van der Waals surface area contributed by atoms with E-state index in [2.05, 4.69) is 5.32 Å². The van der Waals surface area contributed by atoms with Gasteiger partial charge >= 0.3 is 0 Å². The summed E-state index contributed by atoms with van der Waals surface area (Å²) >= 11 is 0. The van der Waals surface area contributed by atoms with E-state index in [1.54, 1.807) is 11.4 Å². The summed E-state index contributed by atoms with van der Waals surface area (Å²) in [6.07, 6.45) is 0.849. The maximum absolute atomic E-state index is 12.3. The normalized spacial score (nSPS) is 18.4. The summed E-state index contributed by atoms with van der Waals surface area (Å²) in [6, 6.07) is 0.128. The van der Waals surface area contributed by atoms with Gasteiger partial charge in [-0.3, -0.25) is 0 Å². The molecule has 0 bridgehead atoms. The lowest BCUT2D eigenvalue weighted by Crippen LogP contribution is -2.61. The van der Waals surface area contributed by atoms with E-state index in [4.69, 9.17) is 0 Å². The quantitative estimate of drug-likeness (QED) is 0.734. The molecular weight excluding hydrogens is 226 g/mol. The molecule has 0 spiro atoms. The average Bonchev–Trinajstić information content (AvgIpc) is 2.13.